The van der Waals surface area contributed by atoms with E-state index in [1.807, 2.05) is 11.4 Å². The fraction of sp³-hybridized carbons (Fsp3) is 0.583. The van der Waals surface area contributed by atoms with Crippen molar-refractivity contribution in [1.29, 1.82) is 0 Å². The van der Waals surface area contributed by atoms with E-state index in [-0.39, 0.29) is 12.1 Å². The number of carbonyl (C=O) groups is 1. The topological polar surface area (TPSA) is 41.1 Å². The summed E-state index contributed by atoms with van der Waals surface area (Å²) in [4.78, 5) is 12.8. The molecule has 1 heterocycles. The molecule has 0 saturated carbocycles. The van der Waals surface area contributed by atoms with Crippen molar-refractivity contribution < 1.29 is 4.79 Å². The number of amides is 2. The van der Waals surface area contributed by atoms with Crippen LogP contribution >= 0.6 is 11.3 Å². The van der Waals surface area contributed by atoms with Crippen LogP contribution in [-0.2, 0) is 0 Å². The van der Waals surface area contributed by atoms with E-state index in [9.17, 15) is 4.79 Å². The standard InChI is InChI=1S/C12H20N2OS/c1-3-5-8-13-12(15)14-10(4-2)11-7-6-9-16-11/h6-7,9-10H,3-5,8H2,1-2H3,(H2,13,14,15). The van der Waals surface area contributed by atoms with Gasteiger partial charge in [0.05, 0.1) is 6.04 Å². The second-order valence-corrected chi connectivity index (χ2v) is 4.71. The molecule has 0 aliphatic rings. The van der Waals surface area contributed by atoms with Crippen LogP contribution < -0.4 is 10.6 Å². The largest absolute Gasteiger partial charge is 0.338 e. The van der Waals surface area contributed by atoms with Crippen molar-refractivity contribution in [2.24, 2.45) is 0 Å². The lowest BCUT2D eigenvalue weighted by Crippen LogP contribution is -2.37. The van der Waals surface area contributed by atoms with Gasteiger partial charge in [-0.15, -0.1) is 11.3 Å². The van der Waals surface area contributed by atoms with Gasteiger partial charge in [0.2, 0.25) is 0 Å². The molecule has 3 nitrogen and oxygen atoms in total. The number of unbranched alkanes of at least 4 members (excludes halogenated alkanes) is 1. The van der Waals surface area contributed by atoms with Crippen LogP contribution in [0.5, 0.6) is 0 Å². The van der Waals surface area contributed by atoms with Gasteiger partial charge < -0.3 is 10.6 Å². The Balaban J connectivity index is 2.36. The smallest absolute Gasteiger partial charge is 0.315 e. The van der Waals surface area contributed by atoms with Gasteiger partial charge in [0.1, 0.15) is 0 Å². The molecule has 0 spiro atoms. The monoisotopic (exact) mass is 240 g/mol. The normalized spacial score (nSPS) is 12.1. The van der Waals surface area contributed by atoms with Gasteiger partial charge in [-0.05, 0) is 24.3 Å². The molecule has 1 aromatic heterocycles. The van der Waals surface area contributed by atoms with Crippen LogP contribution in [0.15, 0.2) is 17.5 Å². The Bertz CT molecular complexity index is 298. The highest BCUT2D eigenvalue weighted by atomic mass is 32.1. The molecule has 1 aromatic rings. The molecule has 1 atom stereocenters. The van der Waals surface area contributed by atoms with Crippen LogP contribution in [0.2, 0.25) is 0 Å². The van der Waals surface area contributed by atoms with E-state index in [4.69, 9.17) is 0 Å². The summed E-state index contributed by atoms with van der Waals surface area (Å²) in [7, 11) is 0. The fourth-order valence-corrected chi connectivity index (χ4v) is 2.31. The summed E-state index contributed by atoms with van der Waals surface area (Å²) in [6.45, 7) is 4.94. The highest BCUT2D eigenvalue weighted by Gasteiger charge is 2.12. The molecule has 0 aromatic carbocycles. The lowest BCUT2D eigenvalue weighted by atomic mass is 10.2. The van der Waals surface area contributed by atoms with Gasteiger partial charge in [-0.3, -0.25) is 0 Å². The molecule has 0 bridgehead atoms. The van der Waals surface area contributed by atoms with Gasteiger partial charge >= 0.3 is 6.03 Å². The maximum atomic E-state index is 11.6. The molecule has 2 amide bonds. The van der Waals surface area contributed by atoms with Crippen LogP contribution in [0.3, 0.4) is 0 Å². The zero-order valence-electron chi connectivity index (χ0n) is 9.95. The van der Waals surface area contributed by atoms with Crippen molar-refractivity contribution in [3.05, 3.63) is 22.4 Å². The molecule has 0 aliphatic heterocycles. The predicted molar refractivity (Wildman–Crippen MR) is 68.8 cm³/mol. The molecular formula is C12H20N2OS. The Hall–Kier alpha value is -1.03. The summed E-state index contributed by atoms with van der Waals surface area (Å²) in [5, 5.41) is 7.89. The van der Waals surface area contributed by atoms with Gasteiger partial charge in [0, 0.05) is 11.4 Å². The van der Waals surface area contributed by atoms with Crippen LogP contribution in [0.4, 0.5) is 4.79 Å². The quantitative estimate of drug-likeness (QED) is 0.736. The number of hydrogen-bond donors (Lipinski definition) is 2. The Morgan fingerprint density at radius 3 is 2.88 bits per heavy atom. The fourth-order valence-electron chi connectivity index (χ4n) is 1.45. The third-order valence-electron chi connectivity index (χ3n) is 2.42. The van der Waals surface area contributed by atoms with Gasteiger partial charge in [0.25, 0.3) is 0 Å². The molecule has 1 unspecified atom stereocenters. The number of urea groups is 1. The molecule has 0 fully saturated rings. The predicted octanol–water partition coefficient (Wildman–Crippen LogP) is 3.30. The maximum absolute atomic E-state index is 11.6. The van der Waals surface area contributed by atoms with Crippen molar-refractivity contribution >= 4 is 17.4 Å². The molecular weight excluding hydrogens is 220 g/mol. The van der Waals surface area contributed by atoms with Crippen LogP contribution in [0.25, 0.3) is 0 Å². The van der Waals surface area contributed by atoms with E-state index in [2.05, 4.69) is 30.5 Å². The summed E-state index contributed by atoms with van der Waals surface area (Å²) in [6.07, 6.45) is 3.05. The van der Waals surface area contributed by atoms with Gasteiger partial charge in [-0.2, -0.15) is 0 Å². The summed E-state index contributed by atoms with van der Waals surface area (Å²) >= 11 is 1.68. The maximum Gasteiger partial charge on any atom is 0.315 e. The van der Waals surface area contributed by atoms with Crippen molar-refractivity contribution in [1.82, 2.24) is 10.6 Å². The number of nitrogens with one attached hydrogen (secondary N) is 2. The number of hydrogen-bond acceptors (Lipinski definition) is 2. The Kier molecular flexibility index (Phi) is 5.93. The second-order valence-electron chi connectivity index (χ2n) is 3.73. The molecule has 0 saturated heterocycles. The molecule has 90 valence electrons. The SMILES string of the molecule is CCCCNC(=O)NC(CC)c1cccs1. The highest BCUT2D eigenvalue weighted by Crippen LogP contribution is 2.21. The first-order valence-electron chi connectivity index (χ1n) is 5.85. The zero-order valence-corrected chi connectivity index (χ0v) is 10.8. The van der Waals surface area contributed by atoms with Crippen molar-refractivity contribution in [2.75, 3.05) is 6.54 Å². The minimum Gasteiger partial charge on any atom is -0.338 e. The number of thiophene rings is 1. The minimum atomic E-state index is -0.0614. The van der Waals surface area contributed by atoms with E-state index >= 15 is 0 Å². The van der Waals surface area contributed by atoms with E-state index in [1.165, 1.54) is 4.88 Å². The first-order chi connectivity index (χ1) is 7.77. The first kappa shape index (κ1) is 13.0. The average molecular weight is 240 g/mol. The minimum absolute atomic E-state index is 0.0614. The highest BCUT2D eigenvalue weighted by molar-refractivity contribution is 7.10. The molecule has 0 aliphatic carbocycles. The molecule has 0 radical (unpaired) electrons. The van der Waals surface area contributed by atoms with E-state index in [0.717, 1.165) is 25.8 Å². The van der Waals surface area contributed by atoms with E-state index < -0.39 is 0 Å². The third kappa shape index (κ3) is 4.23. The van der Waals surface area contributed by atoms with Crippen molar-refractivity contribution in [3.63, 3.8) is 0 Å². The summed E-state index contributed by atoms with van der Waals surface area (Å²) < 4.78 is 0. The third-order valence-corrected chi connectivity index (χ3v) is 3.40. The number of rotatable bonds is 6. The lowest BCUT2D eigenvalue weighted by molar-refractivity contribution is 0.236. The van der Waals surface area contributed by atoms with Crippen LogP contribution in [-0.4, -0.2) is 12.6 Å². The van der Waals surface area contributed by atoms with Crippen molar-refractivity contribution in [3.8, 4) is 0 Å². The second kappa shape index (κ2) is 7.28. The summed E-state index contributed by atoms with van der Waals surface area (Å²) in [5.41, 5.74) is 0. The number of carbonyl (C=O) groups excluding carboxylic acids is 1. The van der Waals surface area contributed by atoms with Gasteiger partial charge in [-0.1, -0.05) is 26.3 Å². The summed E-state index contributed by atoms with van der Waals surface area (Å²) in [5.74, 6) is 0. The lowest BCUT2D eigenvalue weighted by Gasteiger charge is -2.15. The van der Waals surface area contributed by atoms with Crippen LogP contribution in [0, 0.1) is 0 Å². The Labute approximate surface area is 101 Å². The Morgan fingerprint density at radius 1 is 1.50 bits per heavy atom. The average Bonchev–Trinajstić information content (AvgIpc) is 2.79. The molecule has 2 N–H and O–H groups in total. The van der Waals surface area contributed by atoms with E-state index in [0.29, 0.717) is 0 Å². The van der Waals surface area contributed by atoms with E-state index in [1.54, 1.807) is 11.3 Å². The molecule has 16 heavy (non-hydrogen) atoms. The van der Waals surface area contributed by atoms with Crippen molar-refractivity contribution in [2.45, 2.75) is 39.2 Å². The first-order valence-corrected chi connectivity index (χ1v) is 6.73. The van der Waals surface area contributed by atoms with Gasteiger partial charge in [0.15, 0.2) is 0 Å². The Morgan fingerprint density at radius 2 is 2.31 bits per heavy atom. The van der Waals surface area contributed by atoms with Crippen LogP contribution in [0.1, 0.15) is 44.0 Å². The molecule has 1 rings (SSSR count). The summed E-state index contributed by atoms with van der Waals surface area (Å²) in [6, 6.07) is 4.15. The zero-order chi connectivity index (χ0) is 11.8. The van der Waals surface area contributed by atoms with Gasteiger partial charge in [-0.25, -0.2) is 4.79 Å². The molecule has 4 heteroatoms.